The van der Waals surface area contributed by atoms with E-state index in [2.05, 4.69) is 20.9 Å². The van der Waals surface area contributed by atoms with Gasteiger partial charge in [0.15, 0.2) is 5.96 Å². The van der Waals surface area contributed by atoms with Gasteiger partial charge in [0.05, 0.1) is 12.6 Å². The van der Waals surface area contributed by atoms with Crippen LogP contribution in [0.4, 0.5) is 0 Å². The predicted octanol–water partition coefficient (Wildman–Crippen LogP) is -2.05. The number of carboxylic acids is 1. The van der Waals surface area contributed by atoms with E-state index < -0.39 is 48.4 Å². The van der Waals surface area contributed by atoms with Gasteiger partial charge in [0, 0.05) is 6.54 Å². The zero-order chi connectivity index (χ0) is 24.0. The lowest BCUT2D eigenvalue weighted by Gasteiger charge is -2.22. The van der Waals surface area contributed by atoms with Gasteiger partial charge in [-0.05, 0) is 37.2 Å². The van der Waals surface area contributed by atoms with Crippen molar-refractivity contribution >= 4 is 41.4 Å². The Morgan fingerprint density at radius 3 is 2.19 bits per heavy atom. The molecule has 0 saturated heterocycles. The van der Waals surface area contributed by atoms with E-state index in [1.54, 1.807) is 13.8 Å². The van der Waals surface area contributed by atoms with Crippen molar-refractivity contribution in [2.75, 3.05) is 25.1 Å². The van der Waals surface area contributed by atoms with Crippen molar-refractivity contribution in [3.63, 3.8) is 0 Å². The maximum Gasteiger partial charge on any atom is 0.326 e. The number of nitrogens with zero attached hydrogens (tertiary/aromatic N) is 1. The largest absolute Gasteiger partial charge is 0.480 e. The highest BCUT2D eigenvalue weighted by Crippen LogP contribution is 2.04. The van der Waals surface area contributed by atoms with E-state index in [0.717, 1.165) is 0 Å². The highest BCUT2D eigenvalue weighted by Gasteiger charge is 2.26. The second-order valence-corrected chi connectivity index (χ2v) is 8.22. The van der Waals surface area contributed by atoms with Crippen LogP contribution in [0.2, 0.25) is 0 Å². The van der Waals surface area contributed by atoms with Gasteiger partial charge >= 0.3 is 5.97 Å². The molecule has 178 valence electrons. The molecule has 10 N–H and O–H groups in total. The van der Waals surface area contributed by atoms with Crippen LogP contribution in [0.1, 0.15) is 33.1 Å². The molecule has 0 fully saturated rings. The number of aliphatic imine (C=N–C) groups is 1. The van der Waals surface area contributed by atoms with Crippen LogP contribution in [0.15, 0.2) is 4.99 Å². The van der Waals surface area contributed by atoms with Crippen molar-refractivity contribution in [3.05, 3.63) is 0 Å². The molecule has 0 saturated carbocycles. The Bertz CT molecular complexity index is 641. The molecule has 13 heteroatoms. The topological polar surface area (TPSA) is 215 Å². The summed E-state index contributed by atoms with van der Waals surface area (Å²) in [5, 5.41) is 16.5. The molecule has 0 aromatic heterocycles. The molecule has 0 spiro atoms. The summed E-state index contributed by atoms with van der Waals surface area (Å²) >= 11 is 1.46. The minimum atomic E-state index is -1.15. The predicted molar refractivity (Wildman–Crippen MR) is 120 cm³/mol. The minimum Gasteiger partial charge on any atom is -0.480 e. The van der Waals surface area contributed by atoms with Gasteiger partial charge in [-0.1, -0.05) is 13.8 Å². The molecule has 3 atom stereocenters. The van der Waals surface area contributed by atoms with Crippen molar-refractivity contribution in [2.45, 2.75) is 51.2 Å². The highest BCUT2D eigenvalue weighted by atomic mass is 32.2. The molecule has 3 unspecified atom stereocenters. The number of nitrogens with two attached hydrogens (primary N) is 3. The van der Waals surface area contributed by atoms with Gasteiger partial charge in [-0.25, -0.2) is 4.79 Å². The van der Waals surface area contributed by atoms with Crippen molar-refractivity contribution in [1.82, 2.24) is 16.0 Å². The standard InChI is InChI=1S/C18H35N7O5S/c1-10(2)14(19)16(28)25-11(5-4-7-22-18(20)21)15(27)23-9-13(26)24-12(17(29)30)6-8-31-3/h10-12,14H,4-9,19H2,1-3H3,(H,23,27)(H,24,26)(H,25,28)(H,29,30)(H4,20,21,22). The normalized spacial score (nSPS) is 13.6. The monoisotopic (exact) mass is 461 g/mol. The van der Waals surface area contributed by atoms with E-state index in [0.29, 0.717) is 12.2 Å². The van der Waals surface area contributed by atoms with Crippen LogP contribution in [-0.4, -0.2) is 78.0 Å². The summed E-state index contributed by atoms with van der Waals surface area (Å²) in [5.74, 6) is -2.55. The SMILES string of the molecule is CSCCC(NC(=O)CNC(=O)C(CCCN=C(N)N)NC(=O)C(N)C(C)C)C(=O)O. The summed E-state index contributed by atoms with van der Waals surface area (Å²) in [4.78, 5) is 51.9. The Morgan fingerprint density at radius 1 is 1.03 bits per heavy atom. The lowest BCUT2D eigenvalue weighted by molar-refractivity contribution is -0.141. The molecule has 0 aliphatic rings. The molecule has 3 amide bonds. The van der Waals surface area contributed by atoms with Gasteiger partial charge in [-0.2, -0.15) is 11.8 Å². The van der Waals surface area contributed by atoms with Gasteiger partial charge in [0.1, 0.15) is 12.1 Å². The molecule has 0 radical (unpaired) electrons. The fourth-order valence-electron chi connectivity index (χ4n) is 2.37. The van der Waals surface area contributed by atoms with E-state index in [-0.39, 0.29) is 31.3 Å². The third kappa shape index (κ3) is 12.7. The molecular weight excluding hydrogens is 426 g/mol. The number of carbonyl (C=O) groups is 4. The number of thioether (sulfide) groups is 1. The lowest BCUT2D eigenvalue weighted by atomic mass is 10.0. The zero-order valence-electron chi connectivity index (χ0n) is 18.2. The van der Waals surface area contributed by atoms with Crippen molar-refractivity contribution < 1.29 is 24.3 Å². The summed E-state index contributed by atoms with van der Waals surface area (Å²) in [5.41, 5.74) is 16.4. The van der Waals surface area contributed by atoms with E-state index in [1.807, 2.05) is 6.26 Å². The maximum absolute atomic E-state index is 12.5. The van der Waals surface area contributed by atoms with Crippen molar-refractivity contribution in [1.29, 1.82) is 0 Å². The molecule has 0 bridgehead atoms. The van der Waals surface area contributed by atoms with Crippen LogP contribution in [0.3, 0.4) is 0 Å². The summed E-state index contributed by atoms with van der Waals surface area (Å²) in [7, 11) is 0. The Morgan fingerprint density at radius 2 is 1.68 bits per heavy atom. The first-order chi connectivity index (χ1) is 14.5. The first-order valence-electron chi connectivity index (χ1n) is 9.89. The van der Waals surface area contributed by atoms with E-state index >= 15 is 0 Å². The van der Waals surface area contributed by atoms with E-state index in [4.69, 9.17) is 17.2 Å². The average molecular weight is 462 g/mol. The third-order valence-electron chi connectivity index (χ3n) is 4.27. The van der Waals surface area contributed by atoms with Gasteiger partial charge < -0.3 is 38.3 Å². The van der Waals surface area contributed by atoms with Crippen molar-refractivity contribution in [3.8, 4) is 0 Å². The first-order valence-corrected chi connectivity index (χ1v) is 11.3. The van der Waals surface area contributed by atoms with Gasteiger partial charge in [0.25, 0.3) is 0 Å². The Hall–Kier alpha value is -2.54. The summed E-state index contributed by atoms with van der Waals surface area (Å²) in [6.07, 6.45) is 2.70. The summed E-state index contributed by atoms with van der Waals surface area (Å²) in [6, 6.07) is -2.80. The van der Waals surface area contributed by atoms with Crippen LogP contribution in [-0.2, 0) is 19.2 Å². The maximum atomic E-state index is 12.5. The molecule has 12 nitrogen and oxygen atoms in total. The second-order valence-electron chi connectivity index (χ2n) is 7.24. The number of carbonyl (C=O) groups excluding carboxylic acids is 3. The van der Waals surface area contributed by atoms with E-state index in [1.165, 1.54) is 11.8 Å². The van der Waals surface area contributed by atoms with Crippen LogP contribution >= 0.6 is 11.8 Å². The number of carboxylic acid groups (broad SMARTS) is 1. The van der Waals surface area contributed by atoms with Crippen LogP contribution in [0.25, 0.3) is 0 Å². The second kappa shape index (κ2) is 15.3. The summed E-state index contributed by atoms with van der Waals surface area (Å²) in [6.45, 7) is 3.38. The number of hydrogen-bond donors (Lipinski definition) is 7. The fourth-order valence-corrected chi connectivity index (χ4v) is 2.84. The van der Waals surface area contributed by atoms with Gasteiger partial charge in [0.2, 0.25) is 17.7 Å². The number of amides is 3. The Balaban J connectivity index is 4.92. The lowest BCUT2D eigenvalue weighted by Crippen LogP contribution is -2.54. The first kappa shape index (κ1) is 28.5. The number of guanidine groups is 1. The van der Waals surface area contributed by atoms with Crippen LogP contribution in [0, 0.1) is 5.92 Å². The zero-order valence-corrected chi connectivity index (χ0v) is 19.0. The third-order valence-corrected chi connectivity index (χ3v) is 4.91. The van der Waals surface area contributed by atoms with Crippen LogP contribution < -0.4 is 33.2 Å². The number of aliphatic carboxylic acids is 1. The minimum absolute atomic E-state index is 0.0852. The summed E-state index contributed by atoms with van der Waals surface area (Å²) < 4.78 is 0. The van der Waals surface area contributed by atoms with Crippen molar-refractivity contribution in [2.24, 2.45) is 28.1 Å². The fraction of sp³-hybridized carbons (Fsp3) is 0.722. The number of hydrogen-bond acceptors (Lipinski definition) is 7. The quantitative estimate of drug-likeness (QED) is 0.0810. The smallest absolute Gasteiger partial charge is 0.326 e. The highest BCUT2D eigenvalue weighted by molar-refractivity contribution is 7.98. The Labute approximate surface area is 186 Å². The molecule has 0 heterocycles. The van der Waals surface area contributed by atoms with E-state index in [9.17, 15) is 24.3 Å². The Kier molecular flexibility index (Phi) is 14.0. The number of rotatable bonds is 15. The average Bonchev–Trinajstić information content (AvgIpc) is 2.70. The molecule has 0 aliphatic heterocycles. The number of nitrogens with one attached hydrogen (secondary N) is 3. The molecule has 0 aliphatic carbocycles. The molecule has 0 aromatic rings. The molecule has 0 aromatic carbocycles. The molecular formula is C18H35N7O5S. The molecule has 31 heavy (non-hydrogen) atoms. The van der Waals surface area contributed by atoms with Crippen LogP contribution in [0.5, 0.6) is 0 Å². The van der Waals surface area contributed by atoms with Gasteiger partial charge in [-0.15, -0.1) is 0 Å². The van der Waals surface area contributed by atoms with Gasteiger partial charge in [-0.3, -0.25) is 19.4 Å². The molecule has 0 rings (SSSR count).